The van der Waals surface area contributed by atoms with E-state index in [2.05, 4.69) is 42.5 Å². The second-order valence-corrected chi connectivity index (χ2v) is 24.8. The van der Waals surface area contributed by atoms with Crippen molar-refractivity contribution < 1.29 is 101 Å². The zero-order chi connectivity index (χ0) is 69.1. The summed E-state index contributed by atoms with van der Waals surface area (Å²) in [5.74, 6) is -12.9. The largest absolute Gasteiger partial charge is 0.508 e. The monoisotopic (exact) mass is 1310 g/mol. The Morgan fingerprint density at radius 3 is 1.52 bits per heavy atom. The summed E-state index contributed by atoms with van der Waals surface area (Å²) in [5, 5.41) is 40.0. The van der Waals surface area contributed by atoms with Crippen molar-refractivity contribution in [2.45, 2.75) is 214 Å². The van der Waals surface area contributed by atoms with Gasteiger partial charge in [-0.15, -0.1) is 0 Å². The van der Waals surface area contributed by atoms with Gasteiger partial charge in [0, 0.05) is 27.7 Å². The topological polar surface area (TPSA) is 440 Å². The SMILES string of the molecule is CSCC[C@H](NC(=O)[C@@H](NC(=O)[C@H](CC(C)C)NC(=O)[C@H](CC(C)C)NC(=O)CNC(=O)[C@H](C)NC(=O)[C@H](CC(C)C)NC(=O)[C@@H](N)Cc1ccc(O)cc1)[C@@H](C)O[C@@H]1O[C@H](COC(C)=O)[C@@H](OC(C)=O)[C@H](OC(C)=O)[C@H]1OC(C)=O)C(=O)N[C@H](C(=O)O)C(C)C. The summed E-state index contributed by atoms with van der Waals surface area (Å²) >= 11 is 1.29. The van der Waals surface area contributed by atoms with Crippen LogP contribution in [0.3, 0.4) is 0 Å². The first-order valence-corrected chi connectivity index (χ1v) is 31.4. The van der Waals surface area contributed by atoms with Crippen LogP contribution in [0.25, 0.3) is 0 Å². The van der Waals surface area contributed by atoms with Crippen LogP contribution in [0.5, 0.6) is 5.75 Å². The van der Waals surface area contributed by atoms with Gasteiger partial charge in [-0.1, -0.05) is 67.5 Å². The maximum atomic E-state index is 14.9. The molecule has 1 heterocycles. The van der Waals surface area contributed by atoms with Crippen molar-refractivity contribution in [3.05, 3.63) is 29.8 Å². The van der Waals surface area contributed by atoms with Gasteiger partial charge in [0.25, 0.3) is 0 Å². The van der Waals surface area contributed by atoms with Crippen LogP contribution >= 0.6 is 11.8 Å². The third-order valence-corrected chi connectivity index (χ3v) is 14.4. The molecule has 1 aromatic rings. The Bertz CT molecular complexity index is 2660. The normalized spacial score (nSPS) is 19.3. The molecule has 14 atom stereocenters. The molecule has 30 nitrogen and oxygen atoms in total. The Morgan fingerprint density at radius 2 is 1.02 bits per heavy atom. The number of carbonyl (C=O) groups excluding carboxylic acids is 12. The molecule has 1 saturated heterocycles. The van der Waals surface area contributed by atoms with Crippen LogP contribution in [0.1, 0.15) is 128 Å². The molecule has 1 aromatic carbocycles. The lowest BCUT2D eigenvalue weighted by atomic mass is 9.97. The van der Waals surface area contributed by atoms with Crippen molar-refractivity contribution in [1.82, 2.24) is 42.5 Å². The lowest BCUT2D eigenvalue weighted by Gasteiger charge is -2.45. The predicted octanol–water partition coefficient (Wildman–Crippen LogP) is -0.0881. The van der Waals surface area contributed by atoms with E-state index in [-0.39, 0.29) is 61.4 Å². The second kappa shape index (κ2) is 38.9. The first-order valence-electron chi connectivity index (χ1n) is 30.0. The van der Waals surface area contributed by atoms with E-state index in [0.29, 0.717) is 5.56 Å². The fourth-order valence-electron chi connectivity index (χ4n) is 9.36. The first kappa shape index (κ1) is 79.5. The molecule has 1 aliphatic rings. The molecule has 0 aliphatic carbocycles. The fraction of sp³-hybridized carbons (Fsp3) is 0.683. The number of amides is 8. The van der Waals surface area contributed by atoms with Gasteiger partial charge in [-0.3, -0.25) is 57.5 Å². The zero-order valence-corrected chi connectivity index (χ0v) is 55.3. The molecule has 0 unspecified atom stereocenters. The molecule has 91 heavy (non-hydrogen) atoms. The van der Waals surface area contributed by atoms with Crippen LogP contribution in [-0.4, -0.2) is 198 Å². The van der Waals surface area contributed by atoms with Gasteiger partial charge in [0.1, 0.15) is 60.8 Å². The number of ether oxygens (including phenoxy) is 6. The third kappa shape index (κ3) is 28.6. The van der Waals surface area contributed by atoms with Gasteiger partial charge >= 0.3 is 29.8 Å². The third-order valence-electron chi connectivity index (χ3n) is 13.8. The maximum Gasteiger partial charge on any atom is 0.326 e. The predicted molar refractivity (Wildman–Crippen MR) is 328 cm³/mol. The van der Waals surface area contributed by atoms with E-state index in [0.717, 1.165) is 27.7 Å². The number of nitrogens with one attached hydrogen (secondary N) is 8. The number of phenolic OH excluding ortho intramolecular Hbond substituents is 1. The quantitative estimate of drug-likeness (QED) is 0.0306. The number of rotatable bonds is 37. The van der Waals surface area contributed by atoms with Gasteiger partial charge in [-0.2, -0.15) is 11.8 Å². The number of thioether (sulfide) groups is 1. The molecular weight excluding hydrogens is 1210 g/mol. The first-order chi connectivity index (χ1) is 42.4. The Balaban J connectivity index is 2.55. The van der Waals surface area contributed by atoms with E-state index in [1.807, 2.05) is 13.8 Å². The Kier molecular flexibility index (Phi) is 34.0. The van der Waals surface area contributed by atoms with Crippen LogP contribution in [0.15, 0.2) is 24.3 Å². The molecule has 0 radical (unpaired) electrons. The number of nitrogens with two attached hydrogens (primary N) is 1. The molecule has 1 fully saturated rings. The van der Waals surface area contributed by atoms with E-state index in [4.69, 9.17) is 34.2 Å². The highest BCUT2D eigenvalue weighted by molar-refractivity contribution is 7.98. The molecule has 1 aliphatic heterocycles. The van der Waals surface area contributed by atoms with Crippen LogP contribution < -0.4 is 48.3 Å². The van der Waals surface area contributed by atoms with Gasteiger partial charge in [-0.05, 0) is 99.3 Å². The number of hydrogen-bond donors (Lipinski definition) is 11. The standard InChI is InChI=1S/C60H95N9O21S/c1-28(2)22-42(64-46(75)26-62-52(76)32(9)63-55(79)43(23-29(3)4)66-53(77)40(61)25-38-16-18-39(74)19-17-38)56(80)67-44(24-30(5)6)57(81)69-48(58(82)65-41(20-21-91-15)54(78)68-47(31(7)8)59(83)84)33(10)86-60-51(89-37(14)73)50(88-36(13)72)49(87-35(12)71)45(90-60)27-85-34(11)70/h16-19,28-33,40-45,47-51,60,74H,20-27,61H2,1-15H3,(H,62,76)(H,63,79)(H,64,75)(H,65,82)(H,66,77)(H,67,80)(H,68,78)(H,69,81)(H,83,84)/t32-,33+,40-,41-,42-,43-,44-,45+,47-,48-,49+,50-,51+,60+/m0/s1. The van der Waals surface area contributed by atoms with Crippen molar-refractivity contribution in [2.24, 2.45) is 29.4 Å². The molecule has 12 N–H and O–H groups in total. The highest BCUT2D eigenvalue weighted by Crippen LogP contribution is 2.31. The van der Waals surface area contributed by atoms with Gasteiger partial charge in [-0.25, -0.2) is 4.79 Å². The molecule has 31 heteroatoms. The number of benzene rings is 1. The summed E-state index contributed by atoms with van der Waals surface area (Å²) in [6.07, 6.45) is -8.31. The number of hydrogen-bond acceptors (Lipinski definition) is 22. The minimum absolute atomic E-state index is 0.000488. The number of phenols is 1. The average Bonchev–Trinajstić information content (AvgIpc) is 0.879. The molecule has 0 spiro atoms. The Hall–Kier alpha value is -7.64. The average molecular weight is 1310 g/mol. The van der Waals surface area contributed by atoms with Crippen molar-refractivity contribution in [1.29, 1.82) is 0 Å². The molecular formula is C60H95N9O21S. The van der Waals surface area contributed by atoms with E-state index < -0.39 is 181 Å². The molecule has 2 rings (SSSR count). The number of carboxylic acids is 1. The van der Waals surface area contributed by atoms with Gasteiger partial charge in [0.15, 0.2) is 24.6 Å². The molecule has 512 valence electrons. The van der Waals surface area contributed by atoms with Crippen molar-refractivity contribution in [2.75, 3.05) is 25.2 Å². The van der Waals surface area contributed by atoms with Crippen LogP contribution in [-0.2, 0) is 97.2 Å². The summed E-state index contributed by atoms with van der Waals surface area (Å²) in [6.45, 7) is 19.1. The highest BCUT2D eigenvalue weighted by Gasteiger charge is 2.54. The van der Waals surface area contributed by atoms with E-state index in [9.17, 15) is 72.5 Å². The zero-order valence-electron chi connectivity index (χ0n) is 54.5. The number of carboxylic acid groups (broad SMARTS) is 1. The summed E-state index contributed by atoms with van der Waals surface area (Å²) in [4.78, 5) is 174. The van der Waals surface area contributed by atoms with E-state index in [1.54, 1.807) is 59.9 Å². The number of esters is 4. The Labute approximate surface area is 534 Å². The van der Waals surface area contributed by atoms with E-state index >= 15 is 0 Å². The van der Waals surface area contributed by atoms with Crippen molar-refractivity contribution >= 4 is 88.9 Å². The van der Waals surface area contributed by atoms with Gasteiger partial charge in [0.2, 0.25) is 47.3 Å². The number of aliphatic carboxylic acids is 1. The van der Waals surface area contributed by atoms with Crippen LogP contribution in [0.4, 0.5) is 0 Å². The summed E-state index contributed by atoms with van der Waals surface area (Å²) in [5.41, 5.74) is 6.82. The van der Waals surface area contributed by atoms with Crippen molar-refractivity contribution in [3.8, 4) is 5.75 Å². The lowest BCUT2D eigenvalue weighted by molar-refractivity contribution is -0.316. The summed E-state index contributed by atoms with van der Waals surface area (Å²) in [7, 11) is 0. The highest BCUT2D eigenvalue weighted by atomic mass is 32.2. The smallest absolute Gasteiger partial charge is 0.326 e. The minimum Gasteiger partial charge on any atom is -0.508 e. The van der Waals surface area contributed by atoms with Crippen molar-refractivity contribution in [3.63, 3.8) is 0 Å². The Morgan fingerprint density at radius 1 is 0.560 bits per heavy atom. The molecule has 8 amide bonds. The van der Waals surface area contributed by atoms with E-state index in [1.165, 1.54) is 37.7 Å². The summed E-state index contributed by atoms with van der Waals surface area (Å²) in [6, 6.07) is -4.85. The second-order valence-electron chi connectivity index (χ2n) is 23.9. The maximum absolute atomic E-state index is 14.9. The van der Waals surface area contributed by atoms with Crippen LogP contribution in [0.2, 0.25) is 0 Å². The fourth-order valence-corrected chi connectivity index (χ4v) is 9.83. The number of aromatic hydroxyl groups is 1. The summed E-state index contributed by atoms with van der Waals surface area (Å²) < 4.78 is 34.2. The van der Waals surface area contributed by atoms with Gasteiger partial charge < -0.3 is 86.9 Å². The van der Waals surface area contributed by atoms with Crippen LogP contribution in [0, 0.1) is 23.7 Å². The minimum atomic E-state index is -1.90. The lowest BCUT2D eigenvalue weighted by Crippen LogP contribution is -2.65. The molecule has 0 aromatic heterocycles. The van der Waals surface area contributed by atoms with Gasteiger partial charge in [0.05, 0.1) is 18.7 Å². The molecule has 0 saturated carbocycles. The molecule has 0 bridgehead atoms. The number of carbonyl (C=O) groups is 13.